The lowest BCUT2D eigenvalue weighted by atomic mass is 10.3. The molecule has 0 aliphatic rings. The van der Waals surface area contributed by atoms with Crippen LogP contribution in [0.15, 0.2) is 47.4 Å². The van der Waals surface area contributed by atoms with Gasteiger partial charge in [-0.1, -0.05) is 23.7 Å². The Labute approximate surface area is 163 Å². The van der Waals surface area contributed by atoms with Gasteiger partial charge in [0, 0.05) is 32.5 Å². The fraction of sp³-hybridized carbons (Fsp3) is 0.368. The molecule has 0 aliphatic heterocycles. The maximum atomic E-state index is 12.1. The first-order chi connectivity index (χ1) is 13.1. The molecule has 0 radical (unpaired) electrons. The normalized spacial score (nSPS) is 10.4. The second kappa shape index (κ2) is 11.3. The summed E-state index contributed by atoms with van der Waals surface area (Å²) in [5.41, 5.74) is 0.470. The van der Waals surface area contributed by atoms with E-state index in [1.807, 2.05) is 6.07 Å². The van der Waals surface area contributed by atoms with Crippen LogP contribution in [0.2, 0.25) is 5.02 Å². The highest BCUT2D eigenvalue weighted by molar-refractivity contribution is 6.32. The van der Waals surface area contributed by atoms with Gasteiger partial charge in [-0.05, 0) is 31.0 Å². The molecule has 0 atom stereocenters. The van der Waals surface area contributed by atoms with Crippen molar-refractivity contribution in [1.82, 2.24) is 9.88 Å². The van der Waals surface area contributed by atoms with Gasteiger partial charge in [-0.15, -0.1) is 0 Å². The van der Waals surface area contributed by atoms with Gasteiger partial charge in [-0.2, -0.15) is 0 Å². The standard InChI is InChI=1S/C19H24ClN3O4/c1-26-13-14-27-18-15(20)7-6-8-16(18)22-19(25)21-10-3-5-12-23-11-4-2-9-17(23)24/h2,4,6-9,11H,3,5,10,12-14H2,1H3,(H2,21,22,25). The zero-order valence-corrected chi connectivity index (χ0v) is 16.0. The monoisotopic (exact) mass is 393 g/mol. The lowest BCUT2D eigenvalue weighted by Crippen LogP contribution is -2.30. The molecule has 27 heavy (non-hydrogen) atoms. The highest BCUT2D eigenvalue weighted by Crippen LogP contribution is 2.32. The number of anilines is 1. The molecule has 0 fully saturated rings. The highest BCUT2D eigenvalue weighted by atomic mass is 35.5. The number of benzene rings is 1. The van der Waals surface area contributed by atoms with Crippen LogP contribution < -0.4 is 20.9 Å². The van der Waals surface area contributed by atoms with Gasteiger partial charge in [-0.25, -0.2) is 4.79 Å². The number of nitrogens with zero attached hydrogens (tertiary/aromatic N) is 1. The van der Waals surface area contributed by atoms with E-state index in [2.05, 4.69) is 10.6 Å². The Morgan fingerprint density at radius 1 is 1.15 bits per heavy atom. The first-order valence-electron chi connectivity index (χ1n) is 8.72. The van der Waals surface area contributed by atoms with E-state index in [1.54, 1.807) is 42.1 Å². The van der Waals surface area contributed by atoms with Crippen molar-refractivity contribution < 1.29 is 14.3 Å². The van der Waals surface area contributed by atoms with Gasteiger partial charge in [0.15, 0.2) is 5.75 Å². The second-order valence-electron chi connectivity index (χ2n) is 5.78. The number of rotatable bonds is 10. The molecule has 0 spiro atoms. The summed E-state index contributed by atoms with van der Waals surface area (Å²) in [6.07, 6.45) is 3.29. The summed E-state index contributed by atoms with van der Waals surface area (Å²) in [7, 11) is 1.58. The lowest BCUT2D eigenvalue weighted by molar-refractivity contribution is 0.146. The Balaban J connectivity index is 1.76. The molecule has 1 heterocycles. The number of hydrogen-bond donors (Lipinski definition) is 2. The Bertz CT molecular complexity index is 795. The zero-order chi connectivity index (χ0) is 19.5. The predicted molar refractivity (Wildman–Crippen MR) is 106 cm³/mol. The highest BCUT2D eigenvalue weighted by Gasteiger charge is 2.11. The Hall–Kier alpha value is -2.51. The number of pyridine rings is 1. The van der Waals surface area contributed by atoms with E-state index in [1.165, 1.54) is 6.07 Å². The van der Waals surface area contributed by atoms with Crippen LogP contribution in [0.3, 0.4) is 0 Å². The average molecular weight is 394 g/mol. The van der Waals surface area contributed by atoms with E-state index in [9.17, 15) is 9.59 Å². The number of methoxy groups -OCH3 is 1. The molecule has 8 heteroatoms. The maximum Gasteiger partial charge on any atom is 0.319 e. The minimum absolute atomic E-state index is 0.0230. The van der Waals surface area contributed by atoms with Crippen molar-refractivity contribution in [2.75, 3.05) is 32.2 Å². The molecule has 0 saturated carbocycles. The number of carbonyl (C=O) groups excluding carboxylic acids is 1. The first-order valence-corrected chi connectivity index (χ1v) is 9.10. The summed E-state index contributed by atoms with van der Waals surface area (Å²) < 4.78 is 12.2. The minimum atomic E-state index is -0.342. The van der Waals surface area contributed by atoms with Crippen molar-refractivity contribution in [2.24, 2.45) is 0 Å². The van der Waals surface area contributed by atoms with Crippen LogP contribution >= 0.6 is 11.6 Å². The SMILES string of the molecule is COCCOc1c(Cl)cccc1NC(=O)NCCCCn1ccccc1=O. The molecule has 1 aromatic carbocycles. The molecule has 0 unspecified atom stereocenters. The molecular weight excluding hydrogens is 370 g/mol. The second-order valence-corrected chi connectivity index (χ2v) is 6.19. The summed E-state index contributed by atoms with van der Waals surface area (Å²) in [5.74, 6) is 0.412. The molecule has 2 aromatic rings. The van der Waals surface area contributed by atoms with Gasteiger partial charge in [0.25, 0.3) is 0 Å². The Morgan fingerprint density at radius 2 is 2.00 bits per heavy atom. The van der Waals surface area contributed by atoms with Crippen LogP contribution in [-0.4, -0.2) is 37.5 Å². The van der Waals surface area contributed by atoms with Crippen LogP contribution in [0.1, 0.15) is 12.8 Å². The summed E-state index contributed by atoms with van der Waals surface area (Å²) in [5, 5.41) is 5.94. The smallest absolute Gasteiger partial charge is 0.319 e. The average Bonchev–Trinajstić information content (AvgIpc) is 2.65. The van der Waals surface area contributed by atoms with Crippen LogP contribution in [-0.2, 0) is 11.3 Å². The van der Waals surface area contributed by atoms with Gasteiger partial charge in [-0.3, -0.25) is 4.79 Å². The largest absolute Gasteiger partial charge is 0.487 e. The van der Waals surface area contributed by atoms with E-state index in [0.717, 1.165) is 12.8 Å². The summed E-state index contributed by atoms with van der Waals surface area (Å²) in [6.45, 7) is 1.86. The van der Waals surface area contributed by atoms with Crippen LogP contribution in [0.5, 0.6) is 5.75 Å². The van der Waals surface area contributed by atoms with E-state index >= 15 is 0 Å². The summed E-state index contributed by atoms with van der Waals surface area (Å²) >= 11 is 6.14. The molecule has 7 nitrogen and oxygen atoms in total. The first kappa shape index (κ1) is 20.8. The van der Waals surface area contributed by atoms with E-state index in [-0.39, 0.29) is 11.6 Å². The number of nitrogens with one attached hydrogen (secondary N) is 2. The molecule has 0 saturated heterocycles. The minimum Gasteiger partial charge on any atom is -0.487 e. The topological polar surface area (TPSA) is 81.6 Å². The number of ether oxygens (including phenoxy) is 2. The number of para-hydroxylation sites is 1. The summed E-state index contributed by atoms with van der Waals surface area (Å²) in [6, 6.07) is 9.87. The van der Waals surface area contributed by atoms with Gasteiger partial charge in [0.05, 0.1) is 17.3 Å². The number of unbranched alkanes of at least 4 members (excludes halogenated alkanes) is 1. The van der Waals surface area contributed by atoms with Gasteiger partial charge < -0.3 is 24.7 Å². The number of aromatic nitrogens is 1. The lowest BCUT2D eigenvalue weighted by Gasteiger charge is -2.14. The van der Waals surface area contributed by atoms with E-state index in [4.69, 9.17) is 21.1 Å². The van der Waals surface area contributed by atoms with Crippen LogP contribution in [0.25, 0.3) is 0 Å². The number of hydrogen-bond acceptors (Lipinski definition) is 4. The number of amides is 2. The van der Waals surface area contributed by atoms with Crippen molar-refractivity contribution >= 4 is 23.3 Å². The molecule has 2 rings (SSSR count). The number of urea groups is 1. The molecule has 146 valence electrons. The number of carbonyl (C=O) groups is 1. The maximum absolute atomic E-state index is 12.1. The van der Waals surface area contributed by atoms with Crippen molar-refractivity contribution in [2.45, 2.75) is 19.4 Å². The fourth-order valence-corrected chi connectivity index (χ4v) is 2.63. The quantitative estimate of drug-likeness (QED) is 0.607. The molecular formula is C19H24ClN3O4. The van der Waals surface area contributed by atoms with Crippen molar-refractivity contribution in [3.8, 4) is 5.75 Å². The van der Waals surface area contributed by atoms with Gasteiger partial charge in [0.1, 0.15) is 6.61 Å². The van der Waals surface area contributed by atoms with E-state index < -0.39 is 0 Å². The van der Waals surface area contributed by atoms with Crippen molar-refractivity contribution in [3.63, 3.8) is 0 Å². The van der Waals surface area contributed by atoms with Crippen LogP contribution in [0.4, 0.5) is 10.5 Å². The number of aryl methyl sites for hydroxylation is 1. The molecule has 2 N–H and O–H groups in total. The summed E-state index contributed by atoms with van der Waals surface area (Å²) in [4.78, 5) is 23.7. The molecule has 1 aromatic heterocycles. The zero-order valence-electron chi connectivity index (χ0n) is 15.2. The third kappa shape index (κ3) is 6.96. The number of halogens is 1. The molecule has 0 aliphatic carbocycles. The predicted octanol–water partition coefficient (Wildman–Crippen LogP) is 3.13. The van der Waals surface area contributed by atoms with E-state index in [0.29, 0.717) is 42.8 Å². The Kier molecular flexibility index (Phi) is 8.67. The molecule has 2 amide bonds. The fourth-order valence-electron chi connectivity index (χ4n) is 2.40. The molecule has 0 bridgehead atoms. The van der Waals surface area contributed by atoms with Crippen LogP contribution in [0, 0.1) is 0 Å². The van der Waals surface area contributed by atoms with Gasteiger partial charge >= 0.3 is 6.03 Å². The third-order valence-corrected chi connectivity index (χ3v) is 4.06. The van der Waals surface area contributed by atoms with Gasteiger partial charge in [0.2, 0.25) is 5.56 Å². The van der Waals surface area contributed by atoms with Crippen molar-refractivity contribution in [3.05, 3.63) is 58.0 Å². The Morgan fingerprint density at radius 3 is 2.78 bits per heavy atom. The third-order valence-electron chi connectivity index (χ3n) is 3.76. The van der Waals surface area contributed by atoms with Crippen molar-refractivity contribution in [1.29, 1.82) is 0 Å².